The molecule has 0 aliphatic rings. The maximum atomic E-state index is 8.86. The number of para-hydroxylation sites is 1. The molecule has 2 aromatic rings. The molecule has 0 amide bonds. The molecule has 2 rings (SSSR count). The van der Waals surface area contributed by atoms with E-state index in [4.69, 9.17) is 9.84 Å². The Morgan fingerprint density at radius 3 is 2.41 bits per heavy atom. The van der Waals surface area contributed by atoms with Gasteiger partial charge in [-0.1, -0.05) is 30.3 Å². The Kier molecular flexibility index (Phi) is 6.25. The maximum absolute atomic E-state index is 8.86. The summed E-state index contributed by atoms with van der Waals surface area (Å²) >= 11 is 0. The third-order valence-electron chi connectivity index (χ3n) is 3.42. The summed E-state index contributed by atoms with van der Waals surface area (Å²) in [6, 6.07) is 16.4. The first kappa shape index (κ1) is 16.3. The van der Waals surface area contributed by atoms with Crippen LogP contribution < -0.4 is 15.0 Å². The van der Waals surface area contributed by atoms with Gasteiger partial charge in [-0.25, -0.2) is 0 Å². The van der Waals surface area contributed by atoms with E-state index >= 15 is 0 Å². The fourth-order valence-electron chi connectivity index (χ4n) is 2.20. The monoisotopic (exact) mass is 300 g/mol. The molecule has 0 saturated carbocycles. The van der Waals surface area contributed by atoms with Crippen LogP contribution in [0.15, 0.2) is 48.5 Å². The van der Waals surface area contributed by atoms with E-state index in [9.17, 15) is 0 Å². The van der Waals surface area contributed by atoms with Gasteiger partial charge in [-0.3, -0.25) is 0 Å². The van der Waals surface area contributed by atoms with Crippen LogP contribution in [-0.4, -0.2) is 32.4 Å². The molecule has 0 atom stereocenters. The number of ether oxygens (including phenoxy) is 1. The summed E-state index contributed by atoms with van der Waals surface area (Å²) in [6.45, 7) is 1.89. The van der Waals surface area contributed by atoms with Crippen molar-refractivity contribution in [1.82, 2.24) is 5.32 Å². The standard InChI is InChI=1S/C18H24N2O2/c1-20(2)17-9-7-15(8-10-17)13-19-14-16-5-3-4-6-18(16)22-12-11-21/h3-10,19,21H,11-14H2,1-2H3. The average molecular weight is 300 g/mol. The minimum Gasteiger partial charge on any atom is -0.491 e. The van der Waals surface area contributed by atoms with E-state index in [2.05, 4.69) is 34.5 Å². The Morgan fingerprint density at radius 2 is 1.73 bits per heavy atom. The van der Waals surface area contributed by atoms with Crippen LogP contribution in [0.4, 0.5) is 5.69 Å². The molecule has 4 nitrogen and oxygen atoms in total. The van der Waals surface area contributed by atoms with E-state index in [-0.39, 0.29) is 6.61 Å². The molecule has 0 spiro atoms. The average Bonchev–Trinajstić information content (AvgIpc) is 2.54. The lowest BCUT2D eigenvalue weighted by atomic mass is 10.1. The van der Waals surface area contributed by atoms with Gasteiger partial charge < -0.3 is 20.1 Å². The normalized spacial score (nSPS) is 10.5. The fourth-order valence-corrected chi connectivity index (χ4v) is 2.20. The third-order valence-corrected chi connectivity index (χ3v) is 3.42. The quantitative estimate of drug-likeness (QED) is 0.786. The van der Waals surface area contributed by atoms with Gasteiger partial charge in [0.25, 0.3) is 0 Å². The maximum Gasteiger partial charge on any atom is 0.123 e. The second kappa shape index (κ2) is 8.41. The van der Waals surface area contributed by atoms with Gasteiger partial charge >= 0.3 is 0 Å². The predicted octanol–water partition coefficient (Wildman–Crippen LogP) is 2.41. The number of nitrogens with one attached hydrogen (secondary N) is 1. The van der Waals surface area contributed by atoms with Gasteiger partial charge in [0.1, 0.15) is 12.4 Å². The number of benzene rings is 2. The van der Waals surface area contributed by atoms with Gasteiger partial charge in [0.05, 0.1) is 6.61 Å². The van der Waals surface area contributed by atoms with Crippen LogP contribution in [0.1, 0.15) is 11.1 Å². The number of hydrogen-bond acceptors (Lipinski definition) is 4. The van der Waals surface area contributed by atoms with Crippen LogP contribution in [0, 0.1) is 0 Å². The summed E-state index contributed by atoms with van der Waals surface area (Å²) < 4.78 is 5.54. The van der Waals surface area contributed by atoms with Gasteiger partial charge in [0.2, 0.25) is 0 Å². The van der Waals surface area contributed by atoms with Gasteiger partial charge in [-0.15, -0.1) is 0 Å². The van der Waals surface area contributed by atoms with Crippen LogP contribution in [0.5, 0.6) is 5.75 Å². The number of anilines is 1. The first-order valence-corrected chi connectivity index (χ1v) is 7.49. The minimum atomic E-state index is 0.0278. The molecule has 2 N–H and O–H groups in total. The second-order valence-electron chi connectivity index (χ2n) is 5.34. The molecule has 0 aliphatic heterocycles. The van der Waals surface area contributed by atoms with Crippen molar-refractivity contribution in [2.75, 3.05) is 32.2 Å². The zero-order valence-corrected chi connectivity index (χ0v) is 13.2. The van der Waals surface area contributed by atoms with Crippen molar-refractivity contribution in [3.63, 3.8) is 0 Å². The van der Waals surface area contributed by atoms with Crippen LogP contribution in [0.2, 0.25) is 0 Å². The summed E-state index contributed by atoms with van der Waals surface area (Å²) in [5.74, 6) is 0.826. The lowest BCUT2D eigenvalue weighted by Gasteiger charge is -2.13. The number of aliphatic hydroxyl groups excluding tert-OH is 1. The molecule has 4 heteroatoms. The largest absolute Gasteiger partial charge is 0.491 e. The summed E-state index contributed by atoms with van der Waals surface area (Å²) in [5.41, 5.74) is 3.55. The molecule has 0 fully saturated rings. The predicted molar refractivity (Wildman–Crippen MR) is 90.3 cm³/mol. The van der Waals surface area contributed by atoms with E-state index in [1.807, 2.05) is 38.4 Å². The number of hydrogen-bond donors (Lipinski definition) is 2. The van der Waals surface area contributed by atoms with Crippen molar-refractivity contribution in [3.8, 4) is 5.75 Å². The molecule has 118 valence electrons. The van der Waals surface area contributed by atoms with E-state index in [0.717, 1.165) is 24.4 Å². The molecule has 0 heterocycles. The van der Waals surface area contributed by atoms with Crippen LogP contribution >= 0.6 is 0 Å². The van der Waals surface area contributed by atoms with E-state index in [1.165, 1.54) is 11.3 Å². The zero-order valence-electron chi connectivity index (χ0n) is 13.2. The minimum absolute atomic E-state index is 0.0278. The second-order valence-corrected chi connectivity index (χ2v) is 5.34. The van der Waals surface area contributed by atoms with Gasteiger partial charge in [0, 0.05) is 38.4 Å². The van der Waals surface area contributed by atoms with Crippen LogP contribution in [0.25, 0.3) is 0 Å². The Labute approximate surface area is 132 Å². The Hall–Kier alpha value is -2.04. The number of rotatable bonds is 8. The highest BCUT2D eigenvalue weighted by molar-refractivity contribution is 5.46. The summed E-state index contributed by atoms with van der Waals surface area (Å²) in [5, 5.41) is 12.3. The van der Waals surface area contributed by atoms with Crippen LogP contribution in [-0.2, 0) is 13.1 Å². The molecule has 22 heavy (non-hydrogen) atoms. The van der Waals surface area contributed by atoms with Gasteiger partial charge in [0.15, 0.2) is 0 Å². The topological polar surface area (TPSA) is 44.7 Å². The molecule has 0 aliphatic carbocycles. The van der Waals surface area contributed by atoms with Crippen molar-refractivity contribution in [3.05, 3.63) is 59.7 Å². The molecule has 2 aromatic carbocycles. The summed E-state index contributed by atoms with van der Waals surface area (Å²) in [6.07, 6.45) is 0. The zero-order chi connectivity index (χ0) is 15.8. The number of nitrogens with zero attached hydrogens (tertiary/aromatic N) is 1. The highest BCUT2D eigenvalue weighted by Crippen LogP contribution is 2.18. The van der Waals surface area contributed by atoms with Crippen molar-refractivity contribution in [2.24, 2.45) is 0 Å². The SMILES string of the molecule is CN(C)c1ccc(CNCc2ccccc2OCCO)cc1. The van der Waals surface area contributed by atoms with Gasteiger partial charge in [-0.05, 0) is 23.8 Å². The first-order valence-electron chi connectivity index (χ1n) is 7.49. The molecule has 0 radical (unpaired) electrons. The fraction of sp³-hybridized carbons (Fsp3) is 0.333. The number of aliphatic hydroxyl groups is 1. The Bertz CT molecular complexity index is 568. The van der Waals surface area contributed by atoms with Crippen molar-refractivity contribution < 1.29 is 9.84 Å². The highest BCUT2D eigenvalue weighted by atomic mass is 16.5. The van der Waals surface area contributed by atoms with Gasteiger partial charge in [-0.2, -0.15) is 0 Å². The lowest BCUT2D eigenvalue weighted by molar-refractivity contribution is 0.200. The smallest absolute Gasteiger partial charge is 0.123 e. The van der Waals surface area contributed by atoms with E-state index in [0.29, 0.717) is 6.61 Å². The van der Waals surface area contributed by atoms with Crippen molar-refractivity contribution in [1.29, 1.82) is 0 Å². The molecule has 0 aromatic heterocycles. The lowest BCUT2D eigenvalue weighted by Crippen LogP contribution is -2.14. The Morgan fingerprint density at radius 1 is 1.00 bits per heavy atom. The van der Waals surface area contributed by atoms with E-state index < -0.39 is 0 Å². The third kappa shape index (κ3) is 4.76. The Balaban J connectivity index is 1.88. The summed E-state index contributed by atoms with van der Waals surface area (Å²) in [7, 11) is 4.08. The first-order chi connectivity index (χ1) is 10.7. The van der Waals surface area contributed by atoms with Crippen molar-refractivity contribution >= 4 is 5.69 Å². The molecular formula is C18H24N2O2. The van der Waals surface area contributed by atoms with E-state index in [1.54, 1.807) is 0 Å². The van der Waals surface area contributed by atoms with Crippen molar-refractivity contribution in [2.45, 2.75) is 13.1 Å². The van der Waals surface area contributed by atoms with Crippen LogP contribution in [0.3, 0.4) is 0 Å². The molecular weight excluding hydrogens is 276 g/mol. The summed E-state index contributed by atoms with van der Waals surface area (Å²) in [4.78, 5) is 2.09. The highest BCUT2D eigenvalue weighted by Gasteiger charge is 2.03. The molecule has 0 saturated heterocycles. The molecule has 0 bridgehead atoms. The molecule has 0 unspecified atom stereocenters.